The van der Waals surface area contributed by atoms with Crippen LogP contribution in [0.3, 0.4) is 0 Å². The molecule has 6 rings (SSSR count). The van der Waals surface area contributed by atoms with Gasteiger partial charge in [0.2, 0.25) is 5.91 Å². The van der Waals surface area contributed by atoms with E-state index < -0.39 is 64.9 Å². The number of ether oxygens (including phenoxy) is 1. The molecule has 2 atom stereocenters. The third-order valence-electron chi connectivity index (χ3n) is 10.4. The third kappa shape index (κ3) is 9.50. The molecule has 0 saturated carbocycles. The van der Waals surface area contributed by atoms with E-state index >= 15 is 4.39 Å². The summed E-state index contributed by atoms with van der Waals surface area (Å²) in [6.07, 6.45) is -3.73. The molecule has 1 N–H and O–H groups in total. The number of carbonyl (C=O) groups excluding carboxylic acids is 2. The Morgan fingerprint density at radius 2 is 1.59 bits per heavy atom. The predicted octanol–water partition coefficient (Wildman–Crippen LogP) is 10.0. The molecule has 0 unspecified atom stereocenters. The number of halogens is 5. The molecule has 0 spiro atoms. The zero-order valence-electron chi connectivity index (χ0n) is 33.6. The normalized spacial score (nSPS) is 12.9. The Hall–Kier alpha value is -5.98. The summed E-state index contributed by atoms with van der Waals surface area (Å²) in [6.45, 7) is 10.1. The molecule has 59 heavy (non-hydrogen) atoms. The molecule has 6 aromatic rings. The maximum atomic E-state index is 16.2. The first-order valence-electron chi connectivity index (χ1n) is 19.4. The fourth-order valence-electron chi connectivity index (χ4n) is 7.64. The van der Waals surface area contributed by atoms with Gasteiger partial charge in [-0.3, -0.25) is 23.9 Å². The second-order valence-corrected chi connectivity index (χ2v) is 15.2. The van der Waals surface area contributed by atoms with E-state index in [1.807, 2.05) is 44.2 Å². The van der Waals surface area contributed by atoms with Crippen LogP contribution in [0.2, 0.25) is 0 Å². The van der Waals surface area contributed by atoms with Gasteiger partial charge in [0.05, 0.1) is 41.4 Å². The summed E-state index contributed by atoms with van der Waals surface area (Å²) in [5, 5.41) is 4.28. The van der Waals surface area contributed by atoms with Gasteiger partial charge >= 0.3 is 12.1 Å². The van der Waals surface area contributed by atoms with Crippen LogP contribution < -0.4 is 10.9 Å². The van der Waals surface area contributed by atoms with Gasteiger partial charge in [-0.15, -0.1) is 0 Å². The van der Waals surface area contributed by atoms with Gasteiger partial charge in [-0.25, -0.2) is 13.8 Å². The molecule has 2 heterocycles. The van der Waals surface area contributed by atoms with E-state index in [0.29, 0.717) is 39.9 Å². The minimum Gasteiger partial charge on any atom is -0.466 e. The van der Waals surface area contributed by atoms with Crippen LogP contribution >= 0.6 is 0 Å². The molecule has 0 fully saturated rings. The van der Waals surface area contributed by atoms with Crippen LogP contribution in [0.4, 0.5) is 22.0 Å². The van der Waals surface area contributed by atoms with Crippen molar-refractivity contribution in [2.45, 2.75) is 85.5 Å². The van der Waals surface area contributed by atoms with Crippen molar-refractivity contribution in [3.63, 3.8) is 0 Å². The molecule has 0 aliphatic rings. The predicted molar refractivity (Wildman–Crippen MR) is 217 cm³/mol. The Bertz CT molecular complexity index is 2600. The topological polar surface area (TPSA) is 103 Å². The van der Waals surface area contributed by atoms with Crippen molar-refractivity contribution in [3.8, 4) is 11.1 Å². The molecular weight excluding hydrogens is 768 g/mol. The zero-order valence-corrected chi connectivity index (χ0v) is 33.6. The smallest absolute Gasteiger partial charge is 0.419 e. The number of benzene rings is 4. The van der Waals surface area contributed by atoms with Crippen LogP contribution in [0.25, 0.3) is 32.9 Å². The van der Waals surface area contributed by atoms with Crippen molar-refractivity contribution < 1.29 is 36.3 Å². The summed E-state index contributed by atoms with van der Waals surface area (Å²) in [4.78, 5) is 50.3. The standard InChI is InChI=1S/C46H45F5N4O4/c1-7-59-41(56)23-39(35-20-31(21-36(43(35)48)46(49,50)51)42-26(4)11-10-12-27(42)5)54-44(57)40(17-25(2)3)55-24-33(52-28(6)45(55)58)16-15-29-18-32(47)22-38-34(29)19-30-13-8-9-14-37(30)53-38/h8-14,18-22,24-25,39-40H,7,15-17,23H2,1-6H3,(H,54,57)/t39-,40-/m0/s1. The lowest BCUT2D eigenvalue weighted by atomic mass is 9.90. The molecule has 308 valence electrons. The number of nitrogens with zero attached hydrogens (tertiary/aromatic N) is 3. The van der Waals surface area contributed by atoms with Crippen molar-refractivity contribution in [3.05, 3.63) is 140 Å². The second kappa shape index (κ2) is 17.5. The van der Waals surface area contributed by atoms with E-state index in [0.717, 1.165) is 22.4 Å². The first kappa shape index (κ1) is 42.6. The Kier molecular flexibility index (Phi) is 12.6. The number of nitrogens with one attached hydrogen (secondary N) is 1. The minimum absolute atomic E-state index is 0.0480. The van der Waals surface area contributed by atoms with Crippen molar-refractivity contribution in [2.24, 2.45) is 5.92 Å². The quantitative estimate of drug-likeness (QED) is 0.0708. The van der Waals surface area contributed by atoms with Crippen molar-refractivity contribution in [1.82, 2.24) is 19.9 Å². The van der Waals surface area contributed by atoms with Crippen LogP contribution in [0.1, 0.15) is 84.9 Å². The summed E-state index contributed by atoms with van der Waals surface area (Å²) >= 11 is 0. The van der Waals surface area contributed by atoms with Crippen LogP contribution in [0.15, 0.2) is 83.8 Å². The number of alkyl halides is 3. The van der Waals surface area contributed by atoms with E-state index in [1.165, 1.54) is 35.9 Å². The number of aromatic nitrogens is 3. The summed E-state index contributed by atoms with van der Waals surface area (Å²) in [5.41, 5.74) is 1.41. The van der Waals surface area contributed by atoms with Gasteiger partial charge < -0.3 is 10.1 Å². The molecule has 13 heteroatoms. The van der Waals surface area contributed by atoms with E-state index in [4.69, 9.17) is 4.74 Å². The Morgan fingerprint density at radius 3 is 2.27 bits per heavy atom. The van der Waals surface area contributed by atoms with Crippen LogP contribution in [-0.2, 0) is 33.3 Å². The molecular formula is C46H45F5N4O4. The summed E-state index contributed by atoms with van der Waals surface area (Å²) in [7, 11) is 0. The highest BCUT2D eigenvalue weighted by atomic mass is 19.4. The molecule has 1 amide bonds. The number of hydrogen-bond acceptors (Lipinski definition) is 6. The largest absolute Gasteiger partial charge is 0.466 e. The average Bonchev–Trinajstić information content (AvgIpc) is 3.16. The van der Waals surface area contributed by atoms with Crippen molar-refractivity contribution >= 4 is 33.7 Å². The van der Waals surface area contributed by atoms with Crippen molar-refractivity contribution in [1.29, 1.82) is 0 Å². The summed E-state index contributed by atoms with van der Waals surface area (Å²) in [5.74, 6) is -3.99. The number of fused-ring (bicyclic) bond motifs is 2. The highest BCUT2D eigenvalue weighted by molar-refractivity contribution is 5.94. The monoisotopic (exact) mass is 812 g/mol. The van der Waals surface area contributed by atoms with Gasteiger partial charge in [0.1, 0.15) is 23.4 Å². The van der Waals surface area contributed by atoms with Crippen LogP contribution in [0, 0.1) is 38.3 Å². The number of amides is 1. The highest BCUT2D eigenvalue weighted by Gasteiger charge is 2.38. The van der Waals surface area contributed by atoms with Gasteiger partial charge in [0.15, 0.2) is 0 Å². The molecule has 4 aromatic carbocycles. The number of pyridine rings is 1. The maximum Gasteiger partial charge on any atom is 0.419 e. The van der Waals surface area contributed by atoms with Gasteiger partial charge in [-0.1, -0.05) is 50.2 Å². The number of para-hydroxylation sites is 1. The summed E-state index contributed by atoms with van der Waals surface area (Å²) in [6, 6.07) is 16.5. The number of carbonyl (C=O) groups is 2. The zero-order chi connectivity index (χ0) is 42.8. The Balaban J connectivity index is 1.40. The lowest BCUT2D eigenvalue weighted by Crippen LogP contribution is -2.41. The molecule has 0 saturated heterocycles. The van der Waals surface area contributed by atoms with Crippen molar-refractivity contribution in [2.75, 3.05) is 6.61 Å². The lowest BCUT2D eigenvalue weighted by Gasteiger charge is -2.27. The SMILES string of the molecule is CCOC(=O)C[C@H](NC(=O)[C@H](CC(C)C)n1cc(CCc2cc(F)cc3nc4ccccc4cc23)nc(C)c1=O)c1cc(-c2c(C)cccc2C)cc(C(F)(F)F)c1F. The molecule has 0 aliphatic heterocycles. The molecule has 8 nitrogen and oxygen atoms in total. The second-order valence-electron chi connectivity index (χ2n) is 15.2. The van der Waals surface area contributed by atoms with E-state index in [1.54, 1.807) is 39.0 Å². The van der Waals surface area contributed by atoms with E-state index in [2.05, 4.69) is 15.3 Å². The van der Waals surface area contributed by atoms with E-state index in [-0.39, 0.29) is 36.6 Å². The van der Waals surface area contributed by atoms with Crippen LogP contribution in [-0.4, -0.2) is 33.0 Å². The third-order valence-corrected chi connectivity index (χ3v) is 10.4. The fraction of sp³-hybridized carbons (Fsp3) is 0.326. The minimum atomic E-state index is -5.12. The Labute approximate surface area is 338 Å². The molecule has 2 aromatic heterocycles. The first-order valence-corrected chi connectivity index (χ1v) is 19.4. The van der Waals surface area contributed by atoms with Gasteiger partial charge in [-0.2, -0.15) is 13.2 Å². The van der Waals surface area contributed by atoms with Gasteiger partial charge in [-0.05, 0) is 111 Å². The van der Waals surface area contributed by atoms with E-state index in [9.17, 15) is 31.9 Å². The fourth-order valence-corrected chi connectivity index (χ4v) is 7.64. The summed E-state index contributed by atoms with van der Waals surface area (Å²) < 4.78 is 80.9. The Morgan fingerprint density at radius 1 is 0.881 bits per heavy atom. The first-order chi connectivity index (χ1) is 27.9. The van der Waals surface area contributed by atoms with Crippen LogP contribution in [0.5, 0.6) is 0 Å². The molecule has 0 aliphatic carbocycles. The highest BCUT2D eigenvalue weighted by Crippen LogP contribution is 2.40. The van der Waals surface area contributed by atoms with Gasteiger partial charge in [0, 0.05) is 28.6 Å². The average molecular weight is 813 g/mol. The van der Waals surface area contributed by atoms with Gasteiger partial charge in [0.25, 0.3) is 5.56 Å². The molecule has 0 bridgehead atoms. The lowest BCUT2D eigenvalue weighted by molar-refractivity contribution is -0.144. The number of rotatable bonds is 13. The number of hydrogen-bond donors (Lipinski definition) is 1. The maximum absolute atomic E-state index is 16.2. The molecule has 0 radical (unpaired) electrons. The number of aryl methyl sites for hydroxylation is 5. The number of esters is 1.